The second kappa shape index (κ2) is 4.49. The highest BCUT2D eigenvalue weighted by Gasteiger charge is 1.97. The molecule has 0 heterocycles. The zero-order valence-electron chi connectivity index (χ0n) is 5.11. The third-order valence-corrected chi connectivity index (χ3v) is 1.31. The van der Waals surface area contributed by atoms with Crippen LogP contribution in [0.15, 0.2) is 0 Å². The molecule has 52 valence electrons. The second-order valence-electron chi connectivity index (χ2n) is 1.58. The van der Waals surface area contributed by atoms with Gasteiger partial charge in [0.25, 0.3) is 0 Å². The molecule has 3 nitrogen and oxygen atoms in total. The molecule has 0 aromatic heterocycles. The molecule has 0 bridgehead atoms. The van der Waals surface area contributed by atoms with Gasteiger partial charge in [0, 0.05) is 6.92 Å². The van der Waals surface area contributed by atoms with Crippen molar-refractivity contribution in [2.24, 2.45) is 0 Å². The molecule has 0 saturated carbocycles. The first kappa shape index (κ1) is 8.62. The Hall–Kier alpha value is -0.380. The number of alkyl halides is 1. The molecule has 0 aliphatic rings. The Morgan fingerprint density at radius 3 is 2.44 bits per heavy atom. The van der Waals surface area contributed by atoms with Crippen molar-refractivity contribution in [3.8, 4) is 0 Å². The van der Waals surface area contributed by atoms with Crippen LogP contribution in [-0.2, 0) is 9.59 Å². The van der Waals surface area contributed by atoms with E-state index >= 15 is 0 Å². The van der Waals surface area contributed by atoms with Crippen molar-refractivity contribution in [1.82, 2.24) is 5.32 Å². The van der Waals surface area contributed by atoms with E-state index in [1.165, 1.54) is 6.92 Å². The lowest BCUT2D eigenvalue weighted by molar-refractivity contribution is -0.122. The highest BCUT2D eigenvalue weighted by atomic mass is 79.9. The molecule has 1 N–H and O–H groups in total. The van der Waals surface area contributed by atoms with E-state index in [1.807, 2.05) is 0 Å². The zero-order chi connectivity index (χ0) is 7.28. The third kappa shape index (κ3) is 5.49. The van der Waals surface area contributed by atoms with Crippen molar-refractivity contribution in [2.45, 2.75) is 6.92 Å². The molecule has 0 radical (unpaired) electrons. The van der Waals surface area contributed by atoms with Crippen LogP contribution in [0.3, 0.4) is 0 Å². The average molecular weight is 194 g/mol. The number of hydrogen-bond acceptors (Lipinski definition) is 2. The number of ketones is 1. The highest BCUT2D eigenvalue weighted by Crippen LogP contribution is 1.79. The highest BCUT2D eigenvalue weighted by molar-refractivity contribution is 9.09. The van der Waals surface area contributed by atoms with E-state index in [4.69, 9.17) is 0 Å². The Labute approximate surface area is 61.9 Å². The molecular weight excluding hydrogens is 186 g/mol. The summed E-state index contributed by atoms with van der Waals surface area (Å²) >= 11 is 2.96. The number of carbonyl (C=O) groups excluding carboxylic acids is 2. The van der Waals surface area contributed by atoms with Gasteiger partial charge in [-0.1, -0.05) is 15.9 Å². The Morgan fingerprint density at radius 2 is 2.11 bits per heavy atom. The van der Waals surface area contributed by atoms with Crippen molar-refractivity contribution in [3.63, 3.8) is 0 Å². The molecule has 0 aromatic rings. The van der Waals surface area contributed by atoms with Crippen LogP contribution in [0.4, 0.5) is 0 Å². The maximum absolute atomic E-state index is 10.5. The fourth-order valence-electron chi connectivity index (χ4n) is 0.270. The average Bonchev–Trinajstić information content (AvgIpc) is 1.83. The van der Waals surface area contributed by atoms with Crippen LogP contribution in [0.2, 0.25) is 0 Å². The number of Topliss-reactive ketones (excluding diaryl/α,β-unsaturated/α-hetero) is 1. The molecule has 0 unspecified atom stereocenters. The quantitative estimate of drug-likeness (QED) is 0.647. The van der Waals surface area contributed by atoms with Crippen molar-refractivity contribution in [2.75, 3.05) is 11.9 Å². The largest absolute Gasteiger partial charge is 0.349 e. The summed E-state index contributed by atoms with van der Waals surface area (Å²) in [4.78, 5) is 20.6. The van der Waals surface area contributed by atoms with Gasteiger partial charge in [-0.2, -0.15) is 0 Å². The molecule has 0 aliphatic heterocycles. The number of amides is 1. The smallest absolute Gasteiger partial charge is 0.217 e. The summed E-state index contributed by atoms with van der Waals surface area (Å²) in [7, 11) is 0. The van der Waals surface area contributed by atoms with Crippen LogP contribution in [0, 0.1) is 0 Å². The predicted molar refractivity (Wildman–Crippen MR) is 37.5 cm³/mol. The van der Waals surface area contributed by atoms with Crippen molar-refractivity contribution in [3.05, 3.63) is 0 Å². The molecule has 0 spiro atoms. The van der Waals surface area contributed by atoms with Gasteiger partial charge in [0.2, 0.25) is 5.91 Å². The first-order valence-corrected chi connectivity index (χ1v) is 3.61. The summed E-state index contributed by atoms with van der Waals surface area (Å²) in [5.41, 5.74) is 0. The second-order valence-corrected chi connectivity index (χ2v) is 2.14. The van der Waals surface area contributed by atoms with E-state index in [0.29, 0.717) is 5.33 Å². The van der Waals surface area contributed by atoms with E-state index < -0.39 is 0 Å². The lowest BCUT2D eigenvalue weighted by Gasteiger charge is -1.95. The van der Waals surface area contributed by atoms with Gasteiger partial charge < -0.3 is 5.32 Å². The normalized spacial score (nSPS) is 8.67. The minimum atomic E-state index is -0.177. The van der Waals surface area contributed by atoms with Crippen LogP contribution in [0.5, 0.6) is 0 Å². The van der Waals surface area contributed by atoms with Crippen LogP contribution in [0.1, 0.15) is 6.92 Å². The SMILES string of the molecule is CC(=O)NCC(=O)CBr. The third-order valence-electron chi connectivity index (χ3n) is 0.684. The van der Waals surface area contributed by atoms with E-state index in [0.717, 1.165) is 0 Å². The van der Waals surface area contributed by atoms with Gasteiger partial charge in [-0.3, -0.25) is 9.59 Å². The predicted octanol–water partition coefficient (Wildman–Crippen LogP) is 0.0865. The topological polar surface area (TPSA) is 46.2 Å². The number of carbonyl (C=O) groups is 2. The van der Waals surface area contributed by atoms with Gasteiger partial charge in [0.15, 0.2) is 5.78 Å². The summed E-state index contributed by atoms with van der Waals surface area (Å²) in [6.07, 6.45) is 0. The Balaban J connectivity index is 3.28. The van der Waals surface area contributed by atoms with Crippen molar-refractivity contribution < 1.29 is 9.59 Å². The zero-order valence-corrected chi connectivity index (χ0v) is 6.69. The summed E-state index contributed by atoms with van der Waals surface area (Å²) in [5, 5.41) is 2.68. The molecule has 0 aliphatic carbocycles. The molecule has 0 fully saturated rings. The van der Waals surface area contributed by atoms with Crippen molar-refractivity contribution in [1.29, 1.82) is 0 Å². The minimum Gasteiger partial charge on any atom is -0.349 e. The molecule has 0 rings (SSSR count). The van der Waals surface area contributed by atoms with Gasteiger partial charge >= 0.3 is 0 Å². The molecule has 1 amide bonds. The van der Waals surface area contributed by atoms with Crippen molar-refractivity contribution >= 4 is 27.6 Å². The van der Waals surface area contributed by atoms with Gasteiger partial charge in [-0.15, -0.1) is 0 Å². The van der Waals surface area contributed by atoms with E-state index in [-0.39, 0.29) is 18.2 Å². The number of hydrogen-bond donors (Lipinski definition) is 1. The molecule has 9 heavy (non-hydrogen) atoms. The Bertz CT molecular complexity index is 124. The molecular formula is C5H8BrNO2. The van der Waals surface area contributed by atoms with Gasteiger partial charge in [0.05, 0.1) is 11.9 Å². The standard InChI is InChI=1S/C5H8BrNO2/c1-4(8)7-3-5(9)2-6/h2-3H2,1H3,(H,7,8). The maximum atomic E-state index is 10.5. The fraction of sp³-hybridized carbons (Fsp3) is 0.600. The van der Waals surface area contributed by atoms with Crippen LogP contribution < -0.4 is 5.32 Å². The fourth-order valence-corrected chi connectivity index (χ4v) is 0.469. The number of nitrogens with one attached hydrogen (secondary N) is 1. The Kier molecular flexibility index (Phi) is 4.30. The lowest BCUT2D eigenvalue weighted by atomic mass is 10.4. The van der Waals surface area contributed by atoms with E-state index in [9.17, 15) is 9.59 Å². The molecule has 0 aromatic carbocycles. The summed E-state index contributed by atoms with van der Waals surface area (Å²) in [6.45, 7) is 1.50. The van der Waals surface area contributed by atoms with Crippen LogP contribution in [-0.4, -0.2) is 23.6 Å². The summed E-state index contributed by atoms with van der Waals surface area (Å²) in [6, 6.07) is 0. The van der Waals surface area contributed by atoms with Gasteiger partial charge in [0.1, 0.15) is 0 Å². The monoisotopic (exact) mass is 193 g/mol. The number of halogens is 1. The minimum absolute atomic E-state index is 0.0230. The van der Waals surface area contributed by atoms with Crippen LogP contribution in [0.25, 0.3) is 0 Å². The van der Waals surface area contributed by atoms with E-state index in [2.05, 4.69) is 21.2 Å². The first-order chi connectivity index (χ1) is 4.16. The van der Waals surface area contributed by atoms with Crippen LogP contribution >= 0.6 is 15.9 Å². The molecule has 4 heteroatoms. The molecule has 0 saturated heterocycles. The summed E-state index contributed by atoms with van der Waals surface area (Å²) < 4.78 is 0. The molecule has 0 atom stereocenters. The van der Waals surface area contributed by atoms with Gasteiger partial charge in [-0.05, 0) is 0 Å². The maximum Gasteiger partial charge on any atom is 0.217 e. The lowest BCUT2D eigenvalue weighted by Crippen LogP contribution is -2.27. The first-order valence-electron chi connectivity index (χ1n) is 2.49. The number of rotatable bonds is 3. The van der Waals surface area contributed by atoms with E-state index in [1.54, 1.807) is 0 Å². The van der Waals surface area contributed by atoms with Gasteiger partial charge in [-0.25, -0.2) is 0 Å². The Morgan fingerprint density at radius 1 is 1.56 bits per heavy atom. The summed E-state index contributed by atoms with van der Waals surface area (Å²) in [5.74, 6) is -0.200.